The van der Waals surface area contributed by atoms with Crippen LogP contribution in [0.3, 0.4) is 0 Å². The molecule has 74 heavy (non-hydrogen) atoms. The first kappa shape index (κ1) is 57.9. The van der Waals surface area contributed by atoms with Crippen LogP contribution in [0.25, 0.3) is 10.9 Å². The fourth-order valence-corrected chi connectivity index (χ4v) is 7.13. The number of carboxylic acids is 2. The third-order valence-electron chi connectivity index (χ3n) is 8.78. The lowest BCUT2D eigenvalue weighted by Crippen LogP contribution is -2.35. The molecule has 24 nitrogen and oxygen atoms in total. The van der Waals surface area contributed by atoms with Gasteiger partial charge in [-0.05, 0) is 81.4 Å². The molecule has 1 unspecified atom stereocenters. The highest BCUT2D eigenvalue weighted by atomic mass is 35.5. The topological polar surface area (TPSA) is 337 Å². The molecule has 392 valence electrons. The molecule has 0 fully saturated rings. The van der Waals surface area contributed by atoms with Gasteiger partial charge in [0.1, 0.15) is 33.2 Å². The largest absolute Gasteiger partial charge is 0.480 e. The van der Waals surface area contributed by atoms with Crippen molar-refractivity contribution in [2.75, 3.05) is 37.5 Å². The summed E-state index contributed by atoms with van der Waals surface area (Å²) in [6.07, 6.45) is -4.34. The number of rotatable bonds is 17. The molecular weight excluding hydrogens is 1060 g/mol. The van der Waals surface area contributed by atoms with Gasteiger partial charge in [-0.2, -0.15) is 28.1 Å². The Morgan fingerprint density at radius 1 is 0.838 bits per heavy atom. The van der Waals surface area contributed by atoms with E-state index in [2.05, 4.69) is 30.6 Å². The Balaban J connectivity index is 0.000000251. The SMILES string of the molecule is CCOC(=O)C(C)OC(=O)c1cc(Oc2ccc(C(F)(F)F)cc2Cl)ccc1[N+](=O)[O-].CCOc1nc(NC)nc(NC(=O)NS(=O)(=O)c2ccccc2C(=O)O)n1.O=C(O)COc1ccc(Cl)c2cccnc12. The molecule has 0 radical (unpaired) electrons. The Bertz CT molecular complexity index is 3180. The van der Waals surface area contributed by atoms with Crippen molar-refractivity contribution in [3.8, 4) is 23.3 Å². The zero-order chi connectivity index (χ0) is 54.9. The number of nitrogens with one attached hydrogen (secondary N) is 3. The average Bonchev–Trinajstić information content (AvgIpc) is 3.34. The van der Waals surface area contributed by atoms with Gasteiger partial charge >= 0.3 is 42.1 Å². The monoisotopic (exact) mass is 1090 g/mol. The second-order valence-electron chi connectivity index (χ2n) is 13.9. The van der Waals surface area contributed by atoms with Gasteiger partial charge in [0.15, 0.2) is 12.7 Å². The maximum absolute atomic E-state index is 12.8. The van der Waals surface area contributed by atoms with E-state index in [1.807, 2.05) is 0 Å². The van der Waals surface area contributed by atoms with Crippen LogP contribution in [0.15, 0.2) is 96.0 Å². The Morgan fingerprint density at radius 2 is 1.53 bits per heavy atom. The second kappa shape index (κ2) is 26.2. The predicted octanol–water partition coefficient (Wildman–Crippen LogP) is 8.04. The van der Waals surface area contributed by atoms with Gasteiger partial charge in [0.05, 0.1) is 39.3 Å². The van der Waals surface area contributed by atoms with Gasteiger partial charge in [-0.25, -0.2) is 37.1 Å². The minimum absolute atomic E-state index is 0.0398. The zero-order valence-electron chi connectivity index (χ0n) is 38.5. The first-order valence-electron chi connectivity index (χ1n) is 20.7. The van der Waals surface area contributed by atoms with Crippen LogP contribution in [-0.2, 0) is 35.3 Å². The molecule has 0 aliphatic rings. The fourth-order valence-electron chi connectivity index (χ4n) is 5.59. The number of nitrogens with zero attached hydrogens (tertiary/aromatic N) is 5. The average molecular weight is 1100 g/mol. The number of aromatic carboxylic acids is 1. The van der Waals surface area contributed by atoms with E-state index in [1.165, 1.54) is 26.1 Å². The summed E-state index contributed by atoms with van der Waals surface area (Å²) in [5, 5.41) is 34.6. The molecule has 2 amide bonds. The van der Waals surface area contributed by atoms with Crippen molar-refractivity contribution in [2.24, 2.45) is 0 Å². The van der Waals surface area contributed by atoms with Crippen LogP contribution in [0.2, 0.25) is 10.0 Å². The lowest BCUT2D eigenvalue weighted by atomic mass is 10.1. The molecule has 0 saturated carbocycles. The molecule has 2 aromatic heterocycles. The number of benzene rings is 4. The number of nitro benzene ring substituents is 1. The number of urea groups is 1. The molecule has 0 bridgehead atoms. The number of anilines is 2. The Morgan fingerprint density at radius 3 is 2.15 bits per heavy atom. The van der Waals surface area contributed by atoms with E-state index in [9.17, 15) is 55.7 Å². The number of pyridine rings is 1. The van der Waals surface area contributed by atoms with Gasteiger partial charge in [0, 0.05) is 30.8 Å². The third kappa shape index (κ3) is 16.5. The summed E-state index contributed by atoms with van der Waals surface area (Å²) in [5.74, 6) is -4.60. The number of halogens is 5. The van der Waals surface area contributed by atoms with Crippen molar-refractivity contribution in [3.05, 3.63) is 128 Å². The van der Waals surface area contributed by atoms with Crippen LogP contribution in [0, 0.1) is 10.1 Å². The smallest absolute Gasteiger partial charge is 0.416 e. The van der Waals surface area contributed by atoms with E-state index < -0.39 is 91.0 Å². The minimum Gasteiger partial charge on any atom is -0.480 e. The summed E-state index contributed by atoms with van der Waals surface area (Å²) in [7, 11) is -2.92. The van der Waals surface area contributed by atoms with Crippen molar-refractivity contribution in [3.63, 3.8) is 0 Å². The number of carbonyl (C=O) groups excluding carboxylic acids is 3. The van der Waals surface area contributed by atoms with Crippen LogP contribution < -0.4 is 29.6 Å². The van der Waals surface area contributed by atoms with Crippen molar-refractivity contribution < 1.29 is 84.4 Å². The second-order valence-corrected chi connectivity index (χ2v) is 16.4. The summed E-state index contributed by atoms with van der Waals surface area (Å²) < 4.78 is 89.8. The minimum atomic E-state index is -4.61. The van der Waals surface area contributed by atoms with E-state index >= 15 is 0 Å². The fraction of sp³-hybridized carbons (Fsp3) is 0.205. The Kier molecular flexibility index (Phi) is 20.5. The van der Waals surface area contributed by atoms with E-state index in [-0.39, 0.29) is 47.6 Å². The third-order valence-corrected chi connectivity index (χ3v) is 10.8. The first-order chi connectivity index (χ1) is 34.9. The normalized spacial score (nSPS) is 11.2. The summed E-state index contributed by atoms with van der Waals surface area (Å²) in [6.45, 7) is 4.38. The number of fused-ring (bicyclic) bond motifs is 1. The van der Waals surface area contributed by atoms with E-state index in [0.29, 0.717) is 22.4 Å². The highest BCUT2D eigenvalue weighted by Crippen LogP contribution is 2.37. The molecule has 2 heterocycles. The van der Waals surface area contributed by atoms with Crippen LogP contribution in [0.4, 0.5) is 35.5 Å². The van der Waals surface area contributed by atoms with Crippen LogP contribution in [0.5, 0.6) is 23.3 Å². The maximum Gasteiger partial charge on any atom is 0.416 e. The number of hydrogen-bond donors (Lipinski definition) is 5. The van der Waals surface area contributed by atoms with Crippen molar-refractivity contribution in [1.82, 2.24) is 24.7 Å². The number of aromatic nitrogens is 4. The molecule has 4 aromatic carbocycles. The Hall–Kier alpha value is -8.63. The predicted molar refractivity (Wildman–Crippen MR) is 254 cm³/mol. The number of esters is 2. The first-order valence-corrected chi connectivity index (χ1v) is 22.9. The molecule has 30 heteroatoms. The van der Waals surface area contributed by atoms with Crippen LogP contribution in [-0.4, -0.2) is 106 Å². The molecule has 0 spiro atoms. The molecule has 5 N–H and O–H groups in total. The highest BCUT2D eigenvalue weighted by Gasteiger charge is 2.32. The lowest BCUT2D eigenvalue weighted by molar-refractivity contribution is -0.385. The summed E-state index contributed by atoms with van der Waals surface area (Å²) in [4.78, 5) is 83.1. The number of carboxylic acid groups (broad SMARTS) is 2. The number of sulfonamides is 1. The standard InChI is InChI=1S/C19H15ClF3NO7.C14H16N6O6S.C11H8ClNO3/c1-3-29-17(25)10(2)30-18(26)13-9-12(5-6-15(13)24(27)28)31-16-7-4-11(8-14(16)20)19(21,22)23;1-3-26-14-18-11(15-2)16-12(19-14)17-13(23)20-27(24,25)9-7-5-4-6-8(9)10(21)22;12-8-3-4-9(16-6-10(14)15)11-7(8)2-1-5-13-11/h4-10H,3H2,1-2H3;4-7H,3H2,1-2H3,(H,21,22)(H3,15,16,17,18,19,20,23);1-5H,6H2,(H,14,15). The highest BCUT2D eigenvalue weighted by molar-refractivity contribution is 7.90. The molecule has 0 saturated heterocycles. The van der Waals surface area contributed by atoms with Gasteiger partial charge < -0.3 is 39.2 Å². The number of aliphatic carboxylic acids is 1. The molecule has 1 atom stereocenters. The number of ether oxygens (including phenoxy) is 5. The maximum atomic E-state index is 12.8. The number of alkyl halides is 3. The van der Waals surface area contributed by atoms with E-state index in [0.717, 1.165) is 47.9 Å². The molecule has 0 aliphatic heterocycles. The van der Waals surface area contributed by atoms with Gasteiger partial charge in [0.25, 0.3) is 15.7 Å². The lowest BCUT2D eigenvalue weighted by Gasteiger charge is -2.13. The quantitative estimate of drug-likeness (QED) is 0.0327. The number of amides is 2. The van der Waals surface area contributed by atoms with Crippen molar-refractivity contribution >= 4 is 91.6 Å². The summed E-state index contributed by atoms with van der Waals surface area (Å²) >= 11 is 11.8. The van der Waals surface area contributed by atoms with Crippen LogP contribution in [0.1, 0.15) is 47.1 Å². The van der Waals surface area contributed by atoms with Crippen molar-refractivity contribution in [2.45, 2.75) is 37.9 Å². The number of nitro groups is 1. The van der Waals surface area contributed by atoms with Crippen LogP contribution >= 0.6 is 23.2 Å². The van der Waals surface area contributed by atoms with Gasteiger partial charge in [-0.1, -0.05) is 35.3 Å². The van der Waals surface area contributed by atoms with Crippen molar-refractivity contribution in [1.29, 1.82) is 0 Å². The van der Waals surface area contributed by atoms with Gasteiger partial charge in [-0.3, -0.25) is 20.4 Å². The van der Waals surface area contributed by atoms with Gasteiger partial charge in [0.2, 0.25) is 11.9 Å². The summed E-state index contributed by atoms with van der Waals surface area (Å²) in [5.41, 5.74) is -2.08. The molecule has 0 aliphatic carbocycles. The van der Waals surface area contributed by atoms with E-state index in [1.54, 1.807) is 49.0 Å². The number of hydrogen-bond acceptors (Lipinski definition) is 19. The zero-order valence-corrected chi connectivity index (χ0v) is 40.8. The summed E-state index contributed by atoms with van der Waals surface area (Å²) in [6, 6.07) is 15.8. The van der Waals surface area contributed by atoms with E-state index in [4.69, 9.17) is 57.1 Å². The molecule has 6 aromatic rings. The molecular formula is C44H39Cl2F3N8O16S. The Labute approximate surface area is 425 Å². The number of carbonyl (C=O) groups is 5. The van der Waals surface area contributed by atoms with Gasteiger partial charge in [-0.15, -0.1) is 0 Å². The molecule has 6 rings (SSSR count).